The minimum Gasteiger partial charge on any atom is -0.492 e. The number of aliphatic hydroxyl groups excluding tert-OH is 1. The lowest BCUT2D eigenvalue weighted by atomic mass is 10.3. The number of hydrogen-bond donors (Lipinski definition) is 2. The Bertz CT molecular complexity index is 1110. The van der Waals surface area contributed by atoms with Crippen LogP contribution < -0.4 is 20.9 Å². The Balaban J connectivity index is 1.65. The molecule has 30 heavy (non-hydrogen) atoms. The number of β-amino-alcohol motifs (C(OH)–C–C–N with tert-alkyl or cyclic N) is 1. The summed E-state index contributed by atoms with van der Waals surface area (Å²) in [6.45, 7) is 4.56. The van der Waals surface area contributed by atoms with Crippen LogP contribution in [0.15, 0.2) is 39.9 Å². The summed E-state index contributed by atoms with van der Waals surface area (Å²) in [5.41, 5.74) is -0.222. The monoisotopic (exact) mass is 414 g/mol. The third-order valence-corrected chi connectivity index (χ3v) is 5.39. The Labute approximate surface area is 172 Å². The van der Waals surface area contributed by atoms with Gasteiger partial charge in [0, 0.05) is 39.8 Å². The number of fused-ring (bicyclic) bond motifs is 1. The number of para-hydroxylation sites is 1. The second-order valence-corrected chi connectivity index (χ2v) is 7.27. The first kappa shape index (κ1) is 20.2. The molecule has 2 N–H and O–H groups in total. The molecule has 2 aromatic heterocycles. The van der Waals surface area contributed by atoms with E-state index >= 15 is 0 Å². The highest BCUT2D eigenvalue weighted by Crippen LogP contribution is 2.21. The molecule has 0 unspecified atom stereocenters. The van der Waals surface area contributed by atoms with Gasteiger partial charge in [0.1, 0.15) is 12.4 Å². The fourth-order valence-corrected chi connectivity index (χ4v) is 3.76. The summed E-state index contributed by atoms with van der Waals surface area (Å²) in [5.74, 6) is 1.40. The number of aromatic amines is 1. The van der Waals surface area contributed by atoms with E-state index in [0.29, 0.717) is 49.9 Å². The minimum absolute atomic E-state index is 0.132. The smallest absolute Gasteiger partial charge is 0.329 e. The molecule has 4 rings (SSSR count). The first-order valence-electron chi connectivity index (χ1n) is 10.0. The maximum Gasteiger partial charge on any atom is 0.329 e. The molecule has 0 radical (unpaired) electrons. The third kappa shape index (κ3) is 3.96. The van der Waals surface area contributed by atoms with Gasteiger partial charge in [-0.3, -0.25) is 19.2 Å². The number of nitrogens with one attached hydrogen (secondary N) is 1. The lowest BCUT2D eigenvalue weighted by molar-refractivity contribution is 0.188. The van der Waals surface area contributed by atoms with Crippen molar-refractivity contribution >= 4 is 17.1 Å². The molecule has 0 bridgehead atoms. The van der Waals surface area contributed by atoms with Crippen LogP contribution in [0.1, 0.15) is 0 Å². The van der Waals surface area contributed by atoms with Crippen molar-refractivity contribution in [1.82, 2.24) is 24.0 Å². The molecule has 160 valence electrons. The number of benzene rings is 1. The average Bonchev–Trinajstić information content (AvgIpc) is 3.14. The zero-order valence-electron chi connectivity index (χ0n) is 17.0. The Morgan fingerprint density at radius 2 is 1.83 bits per heavy atom. The number of rotatable bonds is 7. The van der Waals surface area contributed by atoms with Gasteiger partial charge in [0.05, 0.1) is 13.2 Å². The highest BCUT2D eigenvalue weighted by molar-refractivity contribution is 5.74. The van der Waals surface area contributed by atoms with Crippen LogP contribution in [-0.2, 0) is 13.6 Å². The van der Waals surface area contributed by atoms with E-state index in [4.69, 9.17) is 9.84 Å². The minimum atomic E-state index is -0.489. The fourth-order valence-electron chi connectivity index (χ4n) is 3.76. The van der Waals surface area contributed by atoms with Crippen molar-refractivity contribution in [1.29, 1.82) is 0 Å². The van der Waals surface area contributed by atoms with E-state index in [1.165, 1.54) is 4.57 Å². The van der Waals surface area contributed by atoms with Gasteiger partial charge in [-0.05, 0) is 12.1 Å². The Hall–Kier alpha value is -3.11. The summed E-state index contributed by atoms with van der Waals surface area (Å²) in [6, 6.07) is 9.48. The second-order valence-electron chi connectivity index (χ2n) is 7.27. The number of aliphatic hydroxyl groups is 1. The van der Waals surface area contributed by atoms with E-state index in [9.17, 15) is 9.59 Å². The number of ether oxygens (including phenoxy) is 1. The SMILES string of the molecule is Cn1c(=O)[nH]c(=O)c2c1nc(N1CCN(CCO)CC1)n2CCOc1ccccc1. The molecule has 10 heteroatoms. The van der Waals surface area contributed by atoms with Gasteiger partial charge in [-0.25, -0.2) is 4.79 Å². The number of nitrogens with zero attached hydrogens (tertiary/aromatic N) is 5. The van der Waals surface area contributed by atoms with Gasteiger partial charge in [-0.15, -0.1) is 0 Å². The van der Waals surface area contributed by atoms with Crippen molar-refractivity contribution in [2.24, 2.45) is 7.05 Å². The molecule has 1 aliphatic rings. The van der Waals surface area contributed by atoms with Gasteiger partial charge in [0.15, 0.2) is 11.2 Å². The number of aromatic nitrogens is 4. The average molecular weight is 414 g/mol. The first-order chi connectivity index (χ1) is 14.6. The molecule has 0 amide bonds. The number of imidazole rings is 1. The van der Waals surface area contributed by atoms with Crippen LogP contribution in [0.2, 0.25) is 0 Å². The fraction of sp³-hybridized carbons (Fsp3) is 0.450. The first-order valence-corrected chi connectivity index (χ1v) is 10.0. The molecule has 1 aromatic carbocycles. The van der Waals surface area contributed by atoms with Gasteiger partial charge >= 0.3 is 5.69 Å². The summed E-state index contributed by atoms with van der Waals surface area (Å²) in [7, 11) is 1.60. The van der Waals surface area contributed by atoms with Crippen molar-refractivity contribution < 1.29 is 9.84 Å². The van der Waals surface area contributed by atoms with Crippen LogP contribution in [0.4, 0.5) is 5.95 Å². The molecule has 10 nitrogen and oxygen atoms in total. The van der Waals surface area contributed by atoms with Gasteiger partial charge in [0.2, 0.25) is 5.95 Å². The lowest BCUT2D eigenvalue weighted by Gasteiger charge is -2.35. The van der Waals surface area contributed by atoms with Gasteiger partial charge in [0.25, 0.3) is 5.56 Å². The number of aryl methyl sites for hydroxylation is 1. The van der Waals surface area contributed by atoms with Crippen LogP contribution in [-0.4, -0.2) is 75.0 Å². The van der Waals surface area contributed by atoms with E-state index in [0.717, 1.165) is 18.8 Å². The van der Waals surface area contributed by atoms with Gasteiger partial charge < -0.3 is 19.3 Å². The topological polar surface area (TPSA) is 109 Å². The lowest BCUT2D eigenvalue weighted by Crippen LogP contribution is -2.48. The Morgan fingerprint density at radius 1 is 1.10 bits per heavy atom. The van der Waals surface area contributed by atoms with Crippen molar-refractivity contribution in [2.75, 3.05) is 50.8 Å². The number of H-pyrrole nitrogens is 1. The van der Waals surface area contributed by atoms with Crippen molar-refractivity contribution in [3.63, 3.8) is 0 Å². The standard InChI is InChI=1S/C20H26N6O4/c1-23-17-16(18(28)22-20(23)29)26(12-14-30-15-5-3-2-4-6-15)19(21-17)25-9-7-24(8-10-25)11-13-27/h2-6,27H,7-14H2,1H3,(H,22,28,29). The van der Waals surface area contributed by atoms with Crippen LogP contribution in [0.25, 0.3) is 11.2 Å². The molecule has 1 saturated heterocycles. The summed E-state index contributed by atoms with van der Waals surface area (Å²) in [5, 5.41) is 9.16. The second kappa shape index (κ2) is 8.72. The van der Waals surface area contributed by atoms with Crippen molar-refractivity contribution in [3.05, 3.63) is 51.2 Å². The molecule has 0 spiro atoms. The Kier molecular flexibility index (Phi) is 5.86. The zero-order chi connectivity index (χ0) is 21.1. The van der Waals surface area contributed by atoms with Crippen LogP contribution >= 0.6 is 0 Å². The number of anilines is 1. The van der Waals surface area contributed by atoms with Crippen LogP contribution in [0.5, 0.6) is 5.75 Å². The van der Waals surface area contributed by atoms with Crippen molar-refractivity contribution in [2.45, 2.75) is 6.54 Å². The maximum absolute atomic E-state index is 12.6. The Morgan fingerprint density at radius 3 is 2.53 bits per heavy atom. The molecule has 0 aliphatic carbocycles. The molecular weight excluding hydrogens is 388 g/mol. The molecule has 1 fully saturated rings. The van der Waals surface area contributed by atoms with E-state index in [1.807, 2.05) is 34.9 Å². The summed E-state index contributed by atoms with van der Waals surface area (Å²) in [6.07, 6.45) is 0. The third-order valence-electron chi connectivity index (χ3n) is 5.39. The molecule has 1 aliphatic heterocycles. The largest absolute Gasteiger partial charge is 0.492 e. The van der Waals surface area contributed by atoms with Crippen LogP contribution in [0, 0.1) is 0 Å². The molecule has 3 heterocycles. The van der Waals surface area contributed by atoms with E-state index < -0.39 is 11.2 Å². The normalized spacial score (nSPS) is 15.1. The van der Waals surface area contributed by atoms with E-state index in [1.54, 1.807) is 7.05 Å². The van der Waals surface area contributed by atoms with Gasteiger partial charge in [-0.2, -0.15) is 4.98 Å². The summed E-state index contributed by atoms with van der Waals surface area (Å²) in [4.78, 5) is 36.0. The maximum atomic E-state index is 12.6. The highest BCUT2D eigenvalue weighted by Gasteiger charge is 2.24. The van der Waals surface area contributed by atoms with E-state index in [-0.39, 0.29) is 6.61 Å². The predicted molar refractivity (Wildman–Crippen MR) is 113 cm³/mol. The highest BCUT2D eigenvalue weighted by atomic mass is 16.5. The summed E-state index contributed by atoms with van der Waals surface area (Å²) >= 11 is 0. The van der Waals surface area contributed by atoms with E-state index in [2.05, 4.69) is 19.8 Å². The predicted octanol–water partition coefficient (Wildman–Crippen LogP) is -0.383. The number of piperazine rings is 1. The zero-order valence-corrected chi connectivity index (χ0v) is 17.0. The van der Waals surface area contributed by atoms with Crippen LogP contribution in [0.3, 0.4) is 0 Å². The van der Waals surface area contributed by atoms with Crippen molar-refractivity contribution in [3.8, 4) is 5.75 Å². The quantitative estimate of drug-likeness (QED) is 0.542. The molecular formula is C20H26N6O4. The summed E-state index contributed by atoms with van der Waals surface area (Å²) < 4.78 is 9.02. The molecule has 3 aromatic rings. The van der Waals surface area contributed by atoms with Gasteiger partial charge in [-0.1, -0.05) is 18.2 Å². The molecule has 0 atom stereocenters. The number of hydrogen-bond acceptors (Lipinski definition) is 7. The molecule has 0 saturated carbocycles.